The van der Waals surface area contributed by atoms with Crippen LogP contribution in [0, 0.1) is 0 Å². The molecule has 0 unspecified atom stereocenters. The van der Waals surface area contributed by atoms with Crippen molar-refractivity contribution in [3.63, 3.8) is 0 Å². The number of halogens is 1. The van der Waals surface area contributed by atoms with E-state index in [1.165, 1.54) is 0 Å². The van der Waals surface area contributed by atoms with E-state index in [9.17, 15) is 0 Å². The monoisotopic (exact) mass is 360 g/mol. The van der Waals surface area contributed by atoms with Crippen molar-refractivity contribution >= 4 is 15.9 Å². The molecule has 118 valence electrons. The summed E-state index contributed by atoms with van der Waals surface area (Å²) in [7, 11) is 0. The third-order valence-corrected chi connectivity index (χ3v) is 3.78. The highest BCUT2D eigenvalue weighted by molar-refractivity contribution is 9.10. The Labute approximate surface area is 133 Å². The lowest BCUT2D eigenvalue weighted by molar-refractivity contribution is -0.231. The van der Waals surface area contributed by atoms with Crippen LogP contribution in [-0.4, -0.2) is 44.2 Å². The summed E-state index contributed by atoms with van der Waals surface area (Å²) >= 11 is 3.51. The molecule has 0 aliphatic carbocycles. The average Bonchev–Trinajstić information content (AvgIpc) is 2.51. The Hall–Kier alpha value is -0.660. The second-order valence-electron chi connectivity index (χ2n) is 4.68. The topological polar surface area (TPSA) is 57.2 Å². The van der Waals surface area contributed by atoms with Crippen molar-refractivity contribution in [2.24, 2.45) is 0 Å². The van der Waals surface area contributed by atoms with Gasteiger partial charge in [0.25, 0.3) is 0 Å². The molecule has 0 radical (unpaired) electrons. The Morgan fingerprint density at radius 3 is 2.76 bits per heavy atom. The maximum atomic E-state index is 8.73. The van der Waals surface area contributed by atoms with Crippen LogP contribution in [0.3, 0.4) is 0 Å². The summed E-state index contributed by atoms with van der Waals surface area (Å²) in [4.78, 5) is 0. The molecule has 1 N–H and O–H groups in total. The first kappa shape index (κ1) is 16.7. The van der Waals surface area contributed by atoms with Crippen molar-refractivity contribution in [1.82, 2.24) is 0 Å². The van der Waals surface area contributed by atoms with Crippen molar-refractivity contribution < 1.29 is 24.1 Å². The minimum absolute atomic E-state index is 0.0818. The molecule has 0 aromatic heterocycles. The van der Waals surface area contributed by atoms with Gasteiger partial charge in [0.2, 0.25) is 0 Å². The lowest BCUT2D eigenvalue weighted by Gasteiger charge is -2.30. The molecule has 6 heteroatoms. The van der Waals surface area contributed by atoms with E-state index in [-0.39, 0.29) is 12.7 Å². The van der Waals surface area contributed by atoms with E-state index >= 15 is 0 Å². The van der Waals surface area contributed by atoms with Crippen molar-refractivity contribution in [3.05, 3.63) is 28.2 Å². The van der Waals surface area contributed by atoms with Gasteiger partial charge in [0.15, 0.2) is 6.29 Å². The Bertz CT molecular complexity index is 432. The Morgan fingerprint density at radius 2 is 2.10 bits per heavy atom. The number of rotatable bonds is 7. The summed E-state index contributed by atoms with van der Waals surface area (Å²) in [6.07, 6.45) is 0.126. The first-order chi connectivity index (χ1) is 10.2. The predicted molar refractivity (Wildman–Crippen MR) is 81.4 cm³/mol. The normalized spacial score (nSPS) is 22.2. The van der Waals surface area contributed by atoms with Crippen LogP contribution in [0.1, 0.15) is 25.2 Å². The Kier molecular flexibility index (Phi) is 6.92. The molecule has 1 fully saturated rings. The number of ether oxygens (including phenoxy) is 4. The maximum absolute atomic E-state index is 8.73. The average molecular weight is 361 g/mol. The fourth-order valence-corrected chi connectivity index (χ4v) is 2.47. The molecule has 1 aromatic rings. The van der Waals surface area contributed by atoms with Crippen LogP contribution < -0.4 is 4.74 Å². The van der Waals surface area contributed by atoms with Gasteiger partial charge < -0.3 is 24.1 Å². The highest BCUT2D eigenvalue weighted by Gasteiger charge is 2.25. The number of benzene rings is 1. The van der Waals surface area contributed by atoms with E-state index in [0.29, 0.717) is 32.8 Å². The number of aliphatic hydroxyl groups is 1. The van der Waals surface area contributed by atoms with Crippen molar-refractivity contribution in [3.8, 4) is 5.75 Å². The van der Waals surface area contributed by atoms with E-state index in [1.54, 1.807) is 0 Å². The van der Waals surface area contributed by atoms with Crippen LogP contribution in [0.2, 0.25) is 0 Å². The molecule has 0 atom stereocenters. The van der Waals surface area contributed by atoms with Gasteiger partial charge in [0.1, 0.15) is 11.9 Å². The second kappa shape index (κ2) is 8.70. The Balaban J connectivity index is 1.90. The van der Waals surface area contributed by atoms with Crippen LogP contribution in [0.15, 0.2) is 22.7 Å². The summed E-state index contributed by atoms with van der Waals surface area (Å²) in [6, 6.07) is 5.75. The standard InChI is InChI=1S/C15H21BrO5/c1-2-18-11-4-5-14(16)13(8-11)15-20-9-12(10-21-15)19-7-3-6-17/h4-5,8,12,15,17H,2-3,6-7,9-10H2,1H3. The first-order valence-electron chi connectivity index (χ1n) is 7.12. The summed E-state index contributed by atoms with van der Waals surface area (Å²) in [5.74, 6) is 0.796. The van der Waals surface area contributed by atoms with Gasteiger partial charge in [-0.25, -0.2) is 0 Å². The van der Waals surface area contributed by atoms with E-state index in [2.05, 4.69) is 15.9 Å². The lowest BCUT2D eigenvalue weighted by Crippen LogP contribution is -2.34. The van der Waals surface area contributed by atoms with Crippen molar-refractivity contribution in [2.45, 2.75) is 25.7 Å². The first-order valence-corrected chi connectivity index (χ1v) is 7.91. The van der Waals surface area contributed by atoms with Gasteiger partial charge >= 0.3 is 0 Å². The smallest absolute Gasteiger partial charge is 0.185 e. The molecule has 0 saturated carbocycles. The third-order valence-electron chi connectivity index (χ3n) is 3.06. The molecule has 0 bridgehead atoms. The summed E-state index contributed by atoms with van der Waals surface area (Å²) in [5.41, 5.74) is 0.912. The lowest BCUT2D eigenvalue weighted by atomic mass is 10.2. The van der Waals surface area contributed by atoms with E-state index in [4.69, 9.17) is 24.1 Å². The van der Waals surface area contributed by atoms with Gasteiger partial charge in [-0.3, -0.25) is 0 Å². The van der Waals surface area contributed by atoms with Gasteiger partial charge in [0.05, 0.1) is 19.8 Å². The quantitative estimate of drug-likeness (QED) is 0.757. The minimum atomic E-state index is -0.419. The van der Waals surface area contributed by atoms with Gasteiger partial charge in [-0.1, -0.05) is 15.9 Å². The molecular weight excluding hydrogens is 340 g/mol. The molecule has 1 aliphatic heterocycles. The molecule has 2 rings (SSSR count). The molecule has 1 aromatic carbocycles. The Morgan fingerprint density at radius 1 is 1.33 bits per heavy atom. The van der Waals surface area contributed by atoms with E-state index < -0.39 is 6.29 Å². The maximum Gasteiger partial charge on any atom is 0.185 e. The predicted octanol–water partition coefficient (Wildman–Crippen LogP) is 2.66. The molecule has 1 aliphatic rings. The fraction of sp³-hybridized carbons (Fsp3) is 0.600. The second-order valence-corrected chi connectivity index (χ2v) is 5.54. The van der Waals surface area contributed by atoms with Crippen LogP contribution in [0.5, 0.6) is 5.75 Å². The zero-order valence-electron chi connectivity index (χ0n) is 12.1. The number of hydrogen-bond acceptors (Lipinski definition) is 5. The van der Waals surface area contributed by atoms with Gasteiger partial charge in [-0.15, -0.1) is 0 Å². The molecule has 5 nitrogen and oxygen atoms in total. The highest BCUT2D eigenvalue weighted by atomic mass is 79.9. The van der Waals surface area contributed by atoms with Gasteiger partial charge in [-0.2, -0.15) is 0 Å². The van der Waals surface area contributed by atoms with E-state index in [1.807, 2.05) is 25.1 Å². The number of hydrogen-bond donors (Lipinski definition) is 1. The summed E-state index contributed by atoms with van der Waals surface area (Å²) in [6.45, 7) is 4.16. The van der Waals surface area contributed by atoms with E-state index in [0.717, 1.165) is 15.8 Å². The van der Waals surface area contributed by atoms with Crippen molar-refractivity contribution in [1.29, 1.82) is 0 Å². The zero-order chi connectivity index (χ0) is 15.1. The summed E-state index contributed by atoms with van der Waals surface area (Å²) in [5, 5.41) is 8.73. The third kappa shape index (κ3) is 4.93. The van der Waals surface area contributed by atoms with Crippen LogP contribution in [0.25, 0.3) is 0 Å². The largest absolute Gasteiger partial charge is 0.494 e. The van der Waals surface area contributed by atoms with Gasteiger partial charge in [-0.05, 0) is 31.5 Å². The van der Waals surface area contributed by atoms with Gasteiger partial charge in [0, 0.05) is 23.2 Å². The van der Waals surface area contributed by atoms with Crippen molar-refractivity contribution in [2.75, 3.05) is 33.0 Å². The fourth-order valence-electron chi connectivity index (χ4n) is 2.03. The van der Waals surface area contributed by atoms with Crippen LogP contribution in [-0.2, 0) is 14.2 Å². The molecule has 1 saturated heterocycles. The zero-order valence-corrected chi connectivity index (χ0v) is 13.7. The molecule has 0 spiro atoms. The molecule has 1 heterocycles. The molecular formula is C15H21BrO5. The number of aliphatic hydroxyl groups excluding tert-OH is 1. The SMILES string of the molecule is CCOc1ccc(Br)c(C2OCC(OCCCO)CO2)c1. The highest BCUT2D eigenvalue weighted by Crippen LogP contribution is 2.32. The molecule has 21 heavy (non-hydrogen) atoms. The van der Waals surface area contributed by atoms with Crippen LogP contribution in [0.4, 0.5) is 0 Å². The minimum Gasteiger partial charge on any atom is -0.494 e. The summed E-state index contributed by atoms with van der Waals surface area (Å²) < 4.78 is 23.4. The molecule has 0 amide bonds. The van der Waals surface area contributed by atoms with Crippen LogP contribution >= 0.6 is 15.9 Å².